The molecule has 142 valence electrons. The maximum atomic E-state index is 12.5. The Labute approximate surface area is 170 Å². The van der Waals surface area contributed by atoms with E-state index in [4.69, 9.17) is 14.2 Å². The molecule has 27 heavy (non-hydrogen) atoms. The Hall–Kier alpha value is -1.97. The molecule has 1 aliphatic rings. The van der Waals surface area contributed by atoms with E-state index < -0.39 is 36.0 Å². The van der Waals surface area contributed by atoms with Crippen molar-refractivity contribution < 1.29 is 28.9 Å². The summed E-state index contributed by atoms with van der Waals surface area (Å²) in [7, 11) is 0. The van der Waals surface area contributed by atoms with Crippen molar-refractivity contribution in [2.45, 2.75) is 31.0 Å². The van der Waals surface area contributed by atoms with Crippen LogP contribution in [0.5, 0.6) is 0 Å². The van der Waals surface area contributed by atoms with Gasteiger partial charge in [0.15, 0.2) is 12.2 Å². The molecule has 4 atom stereocenters. The van der Waals surface area contributed by atoms with Crippen molar-refractivity contribution in [1.82, 2.24) is 0 Å². The molecule has 0 saturated carbocycles. The van der Waals surface area contributed by atoms with Crippen LogP contribution in [-0.4, -0.2) is 45.6 Å². The van der Waals surface area contributed by atoms with E-state index in [0.717, 1.165) is 0 Å². The molecule has 1 fully saturated rings. The summed E-state index contributed by atoms with van der Waals surface area (Å²) in [4.78, 5) is 24.9. The lowest BCUT2D eigenvalue weighted by molar-refractivity contribution is -0.206. The molecule has 0 bridgehead atoms. The molecule has 6 nitrogen and oxygen atoms in total. The van der Waals surface area contributed by atoms with Crippen molar-refractivity contribution in [2.75, 3.05) is 4.43 Å². The van der Waals surface area contributed by atoms with E-state index in [2.05, 4.69) is 0 Å². The summed E-state index contributed by atoms with van der Waals surface area (Å²) in [6.45, 7) is 1.66. The minimum Gasteiger partial charge on any atom is -0.452 e. The maximum absolute atomic E-state index is 12.5. The second-order valence-electron chi connectivity index (χ2n) is 6.23. The summed E-state index contributed by atoms with van der Waals surface area (Å²) in [6.07, 6.45) is -2.74. The third-order valence-electron chi connectivity index (χ3n) is 4.28. The van der Waals surface area contributed by atoms with E-state index in [9.17, 15) is 14.7 Å². The summed E-state index contributed by atoms with van der Waals surface area (Å²) >= 11 is 1.94. The van der Waals surface area contributed by atoms with E-state index in [1.165, 1.54) is 0 Å². The van der Waals surface area contributed by atoms with E-state index in [1.807, 2.05) is 22.6 Å². The smallest absolute Gasteiger partial charge is 0.338 e. The van der Waals surface area contributed by atoms with Crippen molar-refractivity contribution >= 4 is 34.5 Å². The Morgan fingerprint density at radius 2 is 1.48 bits per heavy atom. The van der Waals surface area contributed by atoms with Crippen LogP contribution in [0.1, 0.15) is 27.6 Å². The third kappa shape index (κ3) is 4.31. The lowest BCUT2D eigenvalue weighted by atomic mass is 10.1. The van der Waals surface area contributed by atoms with Gasteiger partial charge in [0, 0.05) is 0 Å². The fourth-order valence-electron chi connectivity index (χ4n) is 2.91. The fourth-order valence-corrected chi connectivity index (χ4v) is 3.52. The predicted molar refractivity (Wildman–Crippen MR) is 106 cm³/mol. The number of alkyl halides is 1. The molecule has 1 unspecified atom stereocenters. The summed E-state index contributed by atoms with van der Waals surface area (Å²) in [5.74, 6) is -2.94. The second-order valence-corrected chi connectivity index (χ2v) is 6.99. The normalized spacial score (nSPS) is 27.1. The molecular formula is C20H19IO6. The zero-order valence-corrected chi connectivity index (χ0v) is 16.7. The lowest BCUT2D eigenvalue weighted by Crippen LogP contribution is -2.48. The van der Waals surface area contributed by atoms with Gasteiger partial charge in [-0.2, -0.15) is 0 Å². The summed E-state index contributed by atoms with van der Waals surface area (Å²) < 4.78 is 16.8. The first-order valence-corrected chi connectivity index (χ1v) is 9.95. The van der Waals surface area contributed by atoms with Gasteiger partial charge >= 0.3 is 11.9 Å². The van der Waals surface area contributed by atoms with Crippen LogP contribution >= 0.6 is 22.6 Å². The van der Waals surface area contributed by atoms with E-state index in [0.29, 0.717) is 11.1 Å². The standard InChI is InChI=1S/C20H19IO6/c1-13-16(25-18(22)14-8-4-2-5-9-14)17(20(24,12-21)27-13)26-19(23)15-10-6-3-7-11-15/h2-11,13,16-17,24H,12H2,1H3/t13-,16?,17-,20+/m0/s1. The highest BCUT2D eigenvalue weighted by atomic mass is 127. The highest BCUT2D eigenvalue weighted by molar-refractivity contribution is 14.1. The first-order chi connectivity index (χ1) is 12.9. The van der Waals surface area contributed by atoms with Gasteiger partial charge in [0.1, 0.15) is 0 Å². The molecule has 1 aliphatic heterocycles. The van der Waals surface area contributed by atoms with Crippen LogP contribution in [0.4, 0.5) is 0 Å². The average molecular weight is 482 g/mol. The number of rotatable bonds is 5. The molecule has 1 saturated heterocycles. The molecule has 0 aromatic heterocycles. The Bertz CT molecular complexity index is 797. The average Bonchev–Trinajstić information content (AvgIpc) is 2.93. The van der Waals surface area contributed by atoms with Gasteiger partial charge < -0.3 is 19.3 Å². The third-order valence-corrected chi connectivity index (χ3v) is 5.38. The highest BCUT2D eigenvalue weighted by Crippen LogP contribution is 2.35. The van der Waals surface area contributed by atoms with Gasteiger partial charge in [0.05, 0.1) is 21.7 Å². The molecule has 2 aromatic carbocycles. The SMILES string of the molecule is C[C@@H]1O[C@](O)(CI)[C@@H](OC(=O)c2ccccc2)C1OC(=O)c1ccccc1. The largest absolute Gasteiger partial charge is 0.452 e. The van der Waals surface area contributed by atoms with Gasteiger partial charge in [-0.3, -0.25) is 0 Å². The quantitative estimate of drug-likeness (QED) is 0.401. The number of aliphatic hydroxyl groups is 1. The monoisotopic (exact) mass is 482 g/mol. The van der Waals surface area contributed by atoms with Crippen molar-refractivity contribution in [3.63, 3.8) is 0 Å². The molecule has 0 aliphatic carbocycles. The van der Waals surface area contributed by atoms with Gasteiger partial charge in [-0.05, 0) is 31.2 Å². The van der Waals surface area contributed by atoms with Gasteiger partial charge in [-0.25, -0.2) is 9.59 Å². The number of carbonyl (C=O) groups is 2. The van der Waals surface area contributed by atoms with Gasteiger partial charge in [0.25, 0.3) is 0 Å². The van der Waals surface area contributed by atoms with Gasteiger partial charge in [0.2, 0.25) is 5.79 Å². The Balaban J connectivity index is 1.82. The second kappa shape index (κ2) is 8.37. The number of ether oxygens (including phenoxy) is 3. The zero-order chi connectivity index (χ0) is 19.4. The van der Waals surface area contributed by atoms with Crippen molar-refractivity contribution in [2.24, 2.45) is 0 Å². The predicted octanol–water partition coefficient (Wildman–Crippen LogP) is 2.98. The number of esters is 2. The van der Waals surface area contributed by atoms with E-state index in [-0.39, 0.29) is 4.43 Å². The van der Waals surface area contributed by atoms with Crippen LogP contribution in [-0.2, 0) is 14.2 Å². The van der Waals surface area contributed by atoms with Crippen LogP contribution < -0.4 is 0 Å². The number of carbonyl (C=O) groups excluding carboxylic acids is 2. The summed E-state index contributed by atoms with van der Waals surface area (Å²) in [5, 5.41) is 10.8. The van der Waals surface area contributed by atoms with Crippen molar-refractivity contribution in [3.8, 4) is 0 Å². The molecular weight excluding hydrogens is 463 g/mol. The molecule has 0 radical (unpaired) electrons. The van der Waals surface area contributed by atoms with Gasteiger partial charge in [-0.15, -0.1) is 0 Å². The maximum Gasteiger partial charge on any atom is 0.338 e. The molecule has 0 spiro atoms. The van der Waals surface area contributed by atoms with Crippen LogP contribution in [0.2, 0.25) is 0 Å². The Morgan fingerprint density at radius 1 is 1.00 bits per heavy atom. The van der Waals surface area contributed by atoms with Crippen LogP contribution in [0.15, 0.2) is 60.7 Å². The van der Waals surface area contributed by atoms with Crippen molar-refractivity contribution in [1.29, 1.82) is 0 Å². The Morgan fingerprint density at radius 3 is 1.96 bits per heavy atom. The van der Waals surface area contributed by atoms with E-state index in [1.54, 1.807) is 67.6 Å². The molecule has 3 rings (SSSR count). The number of hydrogen-bond acceptors (Lipinski definition) is 6. The Kier molecular flexibility index (Phi) is 6.13. The topological polar surface area (TPSA) is 82.1 Å². The number of halogens is 1. The zero-order valence-electron chi connectivity index (χ0n) is 14.6. The molecule has 0 amide bonds. The first-order valence-electron chi connectivity index (χ1n) is 8.43. The molecule has 1 N–H and O–H groups in total. The summed E-state index contributed by atoms with van der Waals surface area (Å²) in [5.41, 5.74) is 0.698. The van der Waals surface area contributed by atoms with Crippen LogP contribution in [0.25, 0.3) is 0 Å². The summed E-state index contributed by atoms with van der Waals surface area (Å²) in [6, 6.07) is 16.9. The number of hydrogen-bond donors (Lipinski definition) is 1. The lowest BCUT2D eigenvalue weighted by Gasteiger charge is -2.28. The first kappa shape index (κ1) is 19.8. The van der Waals surface area contributed by atoms with Crippen molar-refractivity contribution in [3.05, 3.63) is 71.8 Å². The fraction of sp³-hybridized carbons (Fsp3) is 0.300. The van der Waals surface area contributed by atoms with Crippen LogP contribution in [0, 0.1) is 0 Å². The molecule has 7 heteroatoms. The highest BCUT2D eigenvalue weighted by Gasteiger charge is 2.57. The number of benzene rings is 2. The van der Waals surface area contributed by atoms with Gasteiger partial charge in [-0.1, -0.05) is 59.0 Å². The molecule has 2 aromatic rings. The minimum absolute atomic E-state index is 0.140. The minimum atomic E-state index is -1.74. The molecule has 1 heterocycles. The van der Waals surface area contributed by atoms with E-state index >= 15 is 0 Å². The van der Waals surface area contributed by atoms with Crippen LogP contribution in [0.3, 0.4) is 0 Å².